The number of aliphatic carboxylic acids is 1. The number of ether oxygens (including phenoxy) is 4. The number of esters is 2. The zero-order valence-corrected chi connectivity index (χ0v) is 47.2. The Kier molecular flexibility index (Phi) is 51.2. The molecule has 0 fully saturated rings. The van der Waals surface area contributed by atoms with E-state index in [2.05, 4.69) is 123 Å². The summed E-state index contributed by atoms with van der Waals surface area (Å²) in [7, 11) is 5.91. The van der Waals surface area contributed by atoms with Gasteiger partial charge in [0.05, 0.1) is 40.3 Å². The zero-order chi connectivity index (χ0) is 53.4. The van der Waals surface area contributed by atoms with Gasteiger partial charge in [-0.2, -0.15) is 0 Å². The number of quaternary nitrogens is 1. The van der Waals surface area contributed by atoms with Crippen molar-refractivity contribution in [3.63, 3.8) is 0 Å². The lowest BCUT2D eigenvalue weighted by atomic mass is 10.1. The molecule has 0 heterocycles. The highest BCUT2D eigenvalue weighted by molar-refractivity contribution is 5.70. The molecule has 0 aliphatic rings. The van der Waals surface area contributed by atoms with Crippen LogP contribution in [-0.2, 0) is 33.3 Å². The first-order chi connectivity index (χ1) is 35.6. The van der Waals surface area contributed by atoms with Gasteiger partial charge in [-0.05, 0) is 83.5 Å². The fourth-order valence-electron chi connectivity index (χ4n) is 7.59. The second-order valence-electron chi connectivity index (χ2n) is 20.2. The number of carbonyl (C=O) groups is 3. The lowest BCUT2D eigenvalue weighted by Gasteiger charge is -2.26. The van der Waals surface area contributed by atoms with Crippen molar-refractivity contribution in [3.8, 4) is 0 Å². The maximum atomic E-state index is 12.8. The standard InChI is InChI=1S/C64H107NO8/c1-6-8-10-12-14-16-18-19-20-21-22-23-24-25-26-27-28-29-30-31-32-33-34-35-36-37-38-39-40-41-42-43-45-47-49-51-53-55-62(67)73-60(59-72-64(63(68)69)70-57-56-65(3,4)5)58-71-61(66)54-52-50-48-46-44-17-15-13-11-9-7-2/h8,10,14,16,19-20,22-23,25-26,28-29,31-32,34-35,37-38,60,64H,6-7,9,11-13,15,17-18,21,24,27,30,33,36,39-59H2,1-5H3/b10-8-,16-14-,20-19-,23-22-,26-25-,29-28-,32-31-,35-34-,38-37-. The largest absolute Gasteiger partial charge is 0.545 e. The molecule has 0 N–H and O–H groups in total. The average molecular weight is 1020 g/mol. The Labute approximate surface area is 447 Å². The van der Waals surface area contributed by atoms with Crippen molar-refractivity contribution in [2.75, 3.05) is 47.5 Å². The molecule has 0 saturated heterocycles. The molecular formula is C64H107NO8. The van der Waals surface area contributed by atoms with Crippen LogP contribution in [0.25, 0.3) is 0 Å². The molecule has 0 spiro atoms. The summed E-state index contributed by atoms with van der Waals surface area (Å²) < 4.78 is 22.6. The van der Waals surface area contributed by atoms with Crippen LogP contribution in [-0.4, -0.2) is 82.3 Å². The minimum atomic E-state index is -1.63. The van der Waals surface area contributed by atoms with Gasteiger partial charge in [-0.1, -0.05) is 232 Å². The number of carbonyl (C=O) groups excluding carboxylic acids is 3. The maximum absolute atomic E-state index is 12.8. The van der Waals surface area contributed by atoms with E-state index in [1.54, 1.807) is 0 Å². The molecule has 0 aliphatic carbocycles. The number of rotatable bonds is 52. The van der Waals surface area contributed by atoms with Gasteiger partial charge in [-0.25, -0.2) is 0 Å². The van der Waals surface area contributed by atoms with Gasteiger partial charge in [-0.3, -0.25) is 9.59 Å². The maximum Gasteiger partial charge on any atom is 0.306 e. The number of carboxylic acids is 1. The highest BCUT2D eigenvalue weighted by Gasteiger charge is 2.22. The van der Waals surface area contributed by atoms with E-state index in [1.807, 2.05) is 21.1 Å². The fraction of sp³-hybridized carbons (Fsp3) is 0.672. The summed E-state index contributed by atoms with van der Waals surface area (Å²) in [6, 6.07) is 0. The first kappa shape index (κ1) is 69.0. The van der Waals surface area contributed by atoms with Crippen LogP contribution in [0.15, 0.2) is 109 Å². The van der Waals surface area contributed by atoms with Crippen LogP contribution in [0.1, 0.15) is 219 Å². The number of likely N-dealkylation sites (N-methyl/N-ethyl adjacent to an activating group) is 1. The minimum absolute atomic E-state index is 0.143. The lowest BCUT2D eigenvalue weighted by molar-refractivity contribution is -0.870. The van der Waals surface area contributed by atoms with E-state index >= 15 is 0 Å². The third kappa shape index (κ3) is 55.5. The Morgan fingerprint density at radius 1 is 0.425 bits per heavy atom. The van der Waals surface area contributed by atoms with E-state index in [9.17, 15) is 19.5 Å². The van der Waals surface area contributed by atoms with Crippen molar-refractivity contribution in [2.24, 2.45) is 0 Å². The molecular weight excluding hydrogens is 911 g/mol. The topological polar surface area (TPSA) is 111 Å². The van der Waals surface area contributed by atoms with Gasteiger partial charge in [0, 0.05) is 12.8 Å². The number of hydrogen-bond donors (Lipinski definition) is 0. The summed E-state index contributed by atoms with van der Waals surface area (Å²) >= 11 is 0. The van der Waals surface area contributed by atoms with Crippen LogP contribution in [0.3, 0.4) is 0 Å². The third-order valence-electron chi connectivity index (χ3n) is 12.0. The van der Waals surface area contributed by atoms with Crippen LogP contribution in [0.4, 0.5) is 0 Å². The molecule has 73 heavy (non-hydrogen) atoms. The second-order valence-corrected chi connectivity index (χ2v) is 20.2. The fourth-order valence-corrected chi connectivity index (χ4v) is 7.59. The summed E-state index contributed by atoms with van der Waals surface area (Å²) in [4.78, 5) is 37.1. The molecule has 0 aromatic heterocycles. The highest BCUT2D eigenvalue weighted by atomic mass is 16.7. The molecule has 9 heteroatoms. The molecule has 0 amide bonds. The van der Waals surface area contributed by atoms with E-state index in [0.29, 0.717) is 17.4 Å². The number of nitrogens with zero attached hydrogens (tertiary/aromatic N) is 1. The molecule has 0 aromatic carbocycles. The second kappa shape index (κ2) is 54.2. The molecule has 0 bridgehead atoms. The van der Waals surface area contributed by atoms with Crippen LogP contribution in [0.5, 0.6) is 0 Å². The Bertz CT molecular complexity index is 1560. The van der Waals surface area contributed by atoms with Gasteiger partial charge < -0.3 is 33.3 Å². The molecule has 416 valence electrons. The van der Waals surface area contributed by atoms with Crippen LogP contribution < -0.4 is 5.11 Å². The normalized spacial score (nSPS) is 13.6. The van der Waals surface area contributed by atoms with Gasteiger partial charge in [0.1, 0.15) is 13.2 Å². The Hall–Kier alpha value is -4.05. The molecule has 0 rings (SSSR count). The lowest BCUT2D eigenvalue weighted by Crippen LogP contribution is -2.44. The van der Waals surface area contributed by atoms with Crippen molar-refractivity contribution >= 4 is 17.9 Å². The van der Waals surface area contributed by atoms with E-state index in [4.69, 9.17) is 18.9 Å². The minimum Gasteiger partial charge on any atom is -0.545 e. The van der Waals surface area contributed by atoms with Crippen LogP contribution >= 0.6 is 0 Å². The van der Waals surface area contributed by atoms with Crippen molar-refractivity contribution < 1.29 is 42.9 Å². The van der Waals surface area contributed by atoms with Crippen LogP contribution in [0, 0.1) is 0 Å². The SMILES string of the molecule is CC/C=C\C/C=C\C/C=C\C/C=C\C/C=C\C/C=C\C/C=C\C/C=C\C/C=C\CCCCCCCCCCCC(=O)OC(COC(=O)CCCCCCCCCCCCC)COC(OCC[N+](C)(C)C)C(=O)[O-]. The number of allylic oxidation sites excluding steroid dienone is 18. The van der Waals surface area contributed by atoms with Crippen molar-refractivity contribution in [1.82, 2.24) is 0 Å². The predicted octanol–water partition coefficient (Wildman–Crippen LogP) is 15.8. The quantitative estimate of drug-likeness (QED) is 0.0195. The van der Waals surface area contributed by atoms with Crippen LogP contribution in [0.2, 0.25) is 0 Å². The summed E-state index contributed by atoms with van der Waals surface area (Å²) in [5.41, 5.74) is 0. The third-order valence-corrected chi connectivity index (χ3v) is 12.0. The Morgan fingerprint density at radius 3 is 1.16 bits per heavy atom. The first-order valence-corrected chi connectivity index (χ1v) is 29.0. The van der Waals surface area contributed by atoms with Gasteiger partial charge in [0.2, 0.25) is 0 Å². The molecule has 0 radical (unpaired) electrons. The summed E-state index contributed by atoms with van der Waals surface area (Å²) in [6.07, 6.45) is 71.5. The van der Waals surface area contributed by atoms with E-state index in [-0.39, 0.29) is 38.6 Å². The number of hydrogen-bond acceptors (Lipinski definition) is 8. The molecule has 2 unspecified atom stereocenters. The van der Waals surface area contributed by atoms with E-state index in [0.717, 1.165) is 103 Å². The van der Waals surface area contributed by atoms with Crippen molar-refractivity contribution in [1.29, 1.82) is 0 Å². The molecule has 9 nitrogen and oxygen atoms in total. The monoisotopic (exact) mass is 1020 g/mol. The van der Waals surface area contributed by atoms with Gasteiger partial charge in [0.25, 0.3) is 0 Å². The van der Waals surface area contributed by atoms with E-state index in [1.165, 1.54) is 83.5 Å². The van der Waals surface area contributed by atoms with Crippen molar-refractivity contribution in [3.05, 3.63) is 109 Å². The van der Waals surface area contributed by atoms with Gasteiger partial charge >= 0.3 is 11.9 Å². The van der Waals surface area contributed by atoms with Crippen molar-refractivity contribution in [2.45, 2.75) is 232 Å². The first-order valence-electron chi connectivity index (χ1n) is 29.0. The summed E-state index contributed by atoms with van der Waals surface area (Å²) in [5.74, 6) is -2.30. The van der Waals surface area contributed by atoms with E-state index < -0.39 is 24.3 Å². The summed E-state index contributed by atoms with van der Waals surface area (Å²) in [5, 5.41) is 11.7. The molecule has 0 aromatic rings. The Balaban J connectivity index is 4.15. The summed E-state index contributed by atoms with van der Waals surface area (Å²) in [6.45, 7) is 4.60. The number of carboxylic acid groups (broad SMARTS) is 1. The smallest absolute Gasteiger partial charge is 0.306 e. The average Bonchev–Trinajstić information content (AvgIpc) is 3.36. The molecule has 0 aliphatic heterocycles. The van der Waals surface area contributed by atoms with Gasteiger partial charge in [0.15, 0.2) is 12.4 Å². The molecule has 2 atom stereocenters. The number of unbranched alkanes of at least 4 members (excludes halogenated alkanes) is 19. The zero-order valence-electron chi connectivity index (χ0n) is 47.2. The molecule has 0 saturated carbocycles. The Morgan fingerprint density at radius 2 is 0.781 bits per heavy atom. The highest BCUT2D eigenvalue weighted by Crippen LogP contribution is 2.15. The predicted molar refractivity (Wildman–Crippen MR) is 306 cm³/mol. The van der Waals surface area contributed by atoms with Gasteiger partial charge in [-0.15, -0.1) is 0 Å².